The fourth-order valence-electron chi connectivity index (χ4n) is 2.53. The van der Waals surface area contributed by atoms with Crippen LogP contribution in [0.1, 0.15) is 70.4 Å². The van der Waals surface area contributed by atoms with Gasteiger partial charge in [0.2, 0.25) is 0 Å². The second kappa shape index (κ2) is 10.2. The molecule has 1 N–H and O–H groups in total. The summed E-state index contributed by atoms with van der Waals surface area (Å²) in [7, 11) is 0. The molecular formula is C17H27ClFN. The van der Waals surface area contributed by atoms with E-state index >= 15 is 0 Å². The Labute approximate surface area is 127 Å². The van der Waals surface area contributed by atoms with Crippen molar-refractivity contribution in [2.75, 3.05) is 6.54 Å². The molecule has 0 bridgehead atoms. The third-order valence-electron chi connectivity index (χ3n) is 3.65. The van der Waals surface area contributed by atoms with Crippen molar-refractivity contribution in [3.8, 4) is 0 Å². The summed E-state index contributed by atoms with van der Waals surface area (Å²) in [5.74, 6) is -0.324. The molecule has 0 aliphatic rings. The lowest BCUT2D eigenvalue weighted by atomic mass is 9.99. The standard InChI is InChI=1S/C17H27ClFN/c1-3-5-6-7-8-9-13-16(20-4-2)14-11-10-12-15(19)17(14)18/h10-12,16,20H,3-9,13H2,1-2H3. The molecule has 1 rings (SSSR count). The van der Waals surface area contributed by atoms with Crippen LogP contribution in [0, 0.1) is 5.82 Å². The van der Waals surface area contributed by atoms with Gasteiger partial charge in [0, 0.05) is 6.04 Å². The Balaban J connectivity index is 2.49. The predicted octanol–water partition coefficient (Wildman–Crippen LogP) is 5.88. The van der Waals surface area contributed by atoms with Gasteiger partial charge >= 0.3 is 0 Å². The lowest BCUT2D eigenvalue weighted by Crippen LogP contribution is -2.21. The molecule has 1 atom stereocenters. The first-order valence-corrected chi connectivity index (χ1v) is 8.25. The van der Waals surface area contributed by atoms with E-state index in [1.807, 2.05) is 6.07 Å². The molecule has 0 fully saturated rings. The van der Waals surface area contributed by atoms with E-state index < -0.39 is 0 Å². The fraction of sp³-hybridized carbons (Fsp3) is 0.647. The average molecular weight is 300 g/mol. The minimum absolute atomic E-state index is 0.161. The van der Waals surface area contributed by atoms with E-state index in [1.54, 1.807) is 6.07 Å². The highest BCUT2D eigenvalue weighted by atomic mass is 35.5. The molecule has 0 amide bonds. The highest BCUT2D eigenvalue weighted by Gasteiger charge is 2.15. The summed E-state index contributed by atoms with van der Waals surface area (Å²) >= 11 is 6.09. The number of hydrogen-bond donors (Lipinski definition) is 1. The van der Waals surface area contributed by atoms with E-state index in [2.05, 4.69) is 19.2 Å². The van der Waals surface area contributed by atoms with Crippen molar-refractivity contribution in [3.05, 3.63) is 34.6 Å². The second-order valence-electron chi connectivity index (χ2n) is 5.31. The molecule has 0 saturated carbocycles. The first-order chi connectivity index (χ1) is 9.70. The topological polar surface area (TPSA) is 12.0 Å². The van der Waals surface area contributed by atoms with E-state index in [-0.39, 0.29) is 16.9 Å². The molecule has 0 aliphatic heterocycles. The average Bonchev–Trinajstić information content (AvgIpc) is 2.45. The summed E-state index contributed by atoms with van der Waals surface area (Å²) in [4.78, 5) is 0. The van der Waals surface area contributed by atoms with Crippen molar-refractivity contribution in [2.45, 2.75) is 64.8 Å². The molecule has 0 aliphatic carbocycles. The number of hydrogen-bond acceptors (Lipinski definition) is 1. The van der Waals surface area contributed by atoms with Crippen molar-refractivity contribution < 1.29 is 4.39 Å². The Morgan fingerprint density at radius 3 is 2.50 bits per heavy atom. The maximum atomic E-state index is 13.5. The van der Waals surface area contributed by atoms with Gasteiger partial charge in [-0.15, -0.1) is 0 Å². The molecule has 3 heteroatoms. The highest BCUT2D eigenvalue weighted by Crippen LogP contribution is 2.29. The highest BCUT2D eigenvalue weighted by molar-refractivity contribution is 6.31. The van der Waals surface area contributed by atoms with Gasteiger partial charge in [0.15, 0.2) is 0 Å². The minimum atomic E-state index is -0.324. The van der Waals surface area contributed by atoms with Crippen molar-refractivity contribution in [1.29, 1.82) is 0 Å². The summed E-state index contributed by atoms with van der Waals surface area (Å²) in [5.41, 5.74) is 0.891. The Hall–Kier alpha value is -0.600. The van der Waals surface area contributed by atoms with Gasteiger partial charge in [0.05, 0.1) is 5.02 Å². The molecule has 1 unspecified atom stereocenters. The fourth-order valence-corrected chi connectivity index (χ4v) is 2.79. The summed E-state index contributed by atoms with van der Waals surface area (Å²) < 4.78 is 13.5. The van der Waals surface area contributed by atoms with E-state index in [1.165, 1.54) is 38.2 Å². The van der Waals surface area contributed by atoms with Crippen molar-refractivity contribution >= 4 is 11.6 Å². The molecule has 0 aromatic heterocycles. The van der Waals surface area contributed by atoms with E-state index in [0.717, 1.165) is 24.9 Å². The third-order valence-corrected chi connectivity index (χ3v) is 4.05. The normalized spacial score (nSPS) is 12.6. The Kier molecular flexibility index (Phi) is 8.88. The van der Waals surface area contributed by atoms with Crippen LogP contribution in [0.25, 0.3) is 0 Å². The summed E-state index contributed by atoms with van der Waals surface area (Å²) in [5, 5.41) is 3.69. The lowest BCUT2D eigenvalue weighted by Gasteiger charge is -2.19. The molecule has 1 aromatic carbocycles. The van der Waals surface area contributed by atoms with Crippen LogP contribution < -0.4 is 5.32 Å². The monoisotopic (exact) mass is 299 g/mol. The molecule has 114 valence electrons. The van der Waals surface area contributed by atoms with Crippen LogP contribution >= 0.6 is 11.6 Å². The van der Waals surface area contributed by atoms with Gasteiger partial charge in [-0.2, -0.15) is 0 Å². The molecule has 0 heterocycles. The van der Waals surface area contributed by atoms with E-state index in [0.29, 0.717) is 0 Å². The molecule has 1 nitrogen and oxygen atoms in total. The number of nitrogens with one attached hydrogen (secondary N) is 1. The van der Waals surface area contributed by atoms with Gasteiger partial charge in [0.1, 0.15) is 5.82 Å². The van der Waals surface area contributed by atoms with Crippen LogP contribution in [0.15, 0.2) is 18.2 Å². The van der Waals surface area contributed by atoms with Gasteiger partial charge in [-0.05, 0) is 24.6 Å². The molecule has 0 saturated heterocycles. The second-order valence-corrected chi connectivity index (χ2v) is 5.69. The smallest absolute Gasteiger partial charge is 0.142 e. The van der Waals surface area contributed by atoms with E-state index in [4.69, 9.17) is 11.6 Å². The van der Waals surface area contributed by atoms with Crippen LogP contribution in [0.3, 0.4) is 0 Å². The number of benzene rings is 1. The molecule has 0 radical (unpaired) electrons. The predicted molar refractivity (Wildman–Crippen MR) is 85.8 cm³/mol. The molecular weight excluding hydrogens is 273 g/mol. The summed E-state index contributed by atoms with van der Waals surface area (Å²) in [6.45, 7) is 5.17. The third kappa shape index (κ3) is 5.80. The zero-order chi connectivity index (χ0) is 14.8. The van der Waals surface area contributed by atoms with E-state index in [9.17, 15) is 4.39 Å². The van der Waals surface area contributed by atoms with Crippen molar-refractivity contribution in [1.82, 2.24) is 5.32 Å². The van der Waals surface area contributed by atoms with Gasteiger partial charge in [-0.1, -0.05) is 76.1 Å². The Bertz CT molecular complexity index is 381. The first-order valence-electron chi connectivity index (χ1n) is 7.88. The summed E-state index contributed by atoms with van der Waals surface area (Å²) in [6.07, 6.45) is 8.64. The van der Waals surface area contributed by atoms with Crippen molar-refractivity contribution in [2.24, 2.45) is 0 Å². The zero-order valence-electron chi connectivity index (χ0n) is 12.7. The largest absolute Gasteiger partial charge is 0.310 e. The SMILES string of the molecule is CCCCCCCCC(NCC)c1cccc(F)c1Cl. The molecule has 1 aromatic rings. The molecule has 20 heavy (non-hydrogen) atoms. The van der Waals surface area contributed by atoms with Gasteiger partial charge in [-0.3, -0.25) is 0 Å². The number of unbranched alkanes of at least 4 members (excludes halogenated alkanes) is 5. The van der Waals surface area contributed by atoms with Crippen LogP contribution in [0.4, 0.5) is 4.39 Å². The first kappa shape index (κ1) is 17.5. The van der Waals surface area contributed by atoms with Gasteiger partial charge in [0.25, 0.3) is 0 Å². The van der Waals surface area contributed by atoms with Crippen LogP contribution in [0.2, 0.25) is 5.02 Å². The Morgan fingerprint density at radius 2 is 1.80 bits per heavy atom. The van der Waals surface area contributed by atoms with Crippen LogP contribution in [-0.4, -0.2) is 6.54 Å². The lowest BCUT2D eigenvalue weighted by molar-refractivity contribution is 0.474. The summed E-state index contributed by atoms with van der Waals surface area (Å²) in [6, 6.07) is 5.24. The maximum Gasteiger partial charge on any atom is 0.142 e. The Morgan fingerprint density at radius 1 is 1.10 bits per heavy atom. The van der Waals surface area contributed by atoms with Gasteiger partial charge in [-0.25, -0.2) is 4.39 Å². The molecule has 0 spiro atoms. The number of halogens is 2. The van der Waals surface area contributed by atoms with Gasteiger partial charge < -0.3 is 5.32 Å². The zero-order valence-corrected chi connectivity index (χ0v) is 13.5. The number of rotatable bonds is 10. The van der Waals surface area contributed by atoms with Crippen molar-refractivity contribution in [3.63, 3.8) is 0 Å². The van der Waals surface area contributed by atoms with Crippen LogP contribution in [-0.2, 0) is 0 Å². The minimum Gasteiger partial charge on any atom is -0.310 e. The maximum absolute atomic E-state index is 13.5. The quantitative estimate of drug-likeness (QED) is 0.532. The van der Waals surface area contributed by atoms with Crippen LogP contribution in [0.5, 0.6) is 0 Å².